The fourth-order valence-electron chi connectivity index (χ4n) is 5.48. The van der Waals surface area contributed by atoms with Gasteiger partial charge in [-0.05, 0) is 56.2 Å². The topological polar surface area (TPSA) is 82.0 Å². The summed E-state index contributed by atoms with van der Waals surface area (Å²) in [5, 5.41) is 14.1. The lowest BCUT2D eigenvalue weighted by molar-refractivity contribution is -0.388. The van der Waals surface area contributed by atoms with Gasteiger partial charge >= 0.3 is 12.4 Å². The van der Waals surface area contributed by atoms with Crippen LogP contribution in [0.2, 0.25) is 0 Å². The second kappa shape index (κ2) is 12.2. The number of rotatable bonds is 8. The largest absolute Gasteiger partial charge is 0.423 e. The Hall–Kier alpha value is -3.39. The average molecular weight is 588 g/mol. The van der Waals surface area contributed by atoms with Gasteiger partial charge in [-0.3, -0.25) is 24.7 Å². The fraction of sp³-hybridized carbons (Fsp3) is 0.519. The minimum atomic E-state index is -4.86. The Bertz CT molecular complexity index is 1220. The van der Waals surface area contributed by atoms with Gasteiger partial charge in [0.05, 0.1) is 16.7 Å². The zero-order valence-electron chi connectivity index (χ0n) is 22.3. The molecule has 0 spiro atoms. The van der Waals surface area contributed by atoms with Crippen molar-refractivity contribution in [2.75, 3.05) is 49.5 Å². The van der Waals surface area contributed by atoms with Crippen LogP contribution in [-0.4, -0.2) is 72.0 Å². The quantitative estimate of drug-likeness (QED) is 0.243. The zero-order chi connectivity index (χ0) is 29.9. The first-order valence-electron chi connectivity index (χ1n) is 13.2. The molecule has 8 nitrogen and oxygen atoms in total. The van der Waals surface area contributed by atoms with Crippen LogP contribution in [0, 0.1) is 10.1 Å². The number of ketones is 1. The number of piperazine rings is 1. The molecule has 2 aliphatic heterocycles. The molecule has 0 saturated carbocycles. The zero-order valence-corrected chi connectivity index (χ0v) is 22.3. The van der Waals surface area contributed by atoms with E-state index >= 15 is 0 Å². The van der Waals surface area contributed by atoms with Crippen molar-refractivity contribution in [1.29, 1.82) is 0 Å². The monoisotopic (exact) mass is 587 g/mol. The molecular weight excluding hydrogens is 556 g/mol. The highest BCUT2D eigenvalue weighted by Gasteiger charge is 2.39. The van der Waals surface area contributed by atoms with Crippen LogP contribution >= 0.6 is 0 Å². The summed E-state index contributed by atoms with van der Waals surface area (Å²) in [5.41, 5.74) is -2.15. The van der Waals surface area contributed by atoms with Gasteiger partial charge in [0.2, 0.25) is 0 Å². The summed E-state index contributed by atoms with van der Waals surface area (Å²) in [6, 6.07) is 7.81. The minimum Gasteiger partial charge on any atom is -0.382 e. The van der Waals surface area contributed by atoms with E-state index in [1.54, 1.807) is 0 Å². The molecule has 1 unspecified atom stereocenters. The fourth-order valence-corrected chi connectivity index (χ4v) is 5.48. The molecule has 2 fully saturated rings. The summed E-state index contributed by atoms with van der Waals surface area (Å²) in [6.07, 6.45) is -7.93. The SMILES string of the molecule is CC(=O)CC(N1CCC(Nc2ccc([N+](=O)[O-])c(C(F)(F)F)c2)CC1)N1CCN(c2ccc(C(F)(F)F)cc2)CC1. The van der Waals surface area contributed by atoms with Gasteiger partial charge < -0.3 is 10.2 Å². The van der Waals surface area contributed by atoms with Crippen LogP contribution in [0.1, 0.15) is 37.3 Å². The Morgan fingerprint density at radius 1 is 0.927 bits per heavy atom. The molecule has 1 N–H and O–H groups in total. The number of nitro benzene ring substituents is 1. The van der Waals surface area contributed by atoms with Crippen LogP contribution in [0.15, 0.2) is 42.5 Å². The Labute approximate surface area is 233 Å². The van der Waals surface area contributed by atoms with E-state index in [1.165, 1.54) is 25.1 Å². The molecule has 0 aliphatic carbocycles. The van der Waals surface area contributed by atoms with Gasteiger partial charge in [0.25, 0.3) is 5.69 Å². The molecule has 4 rings (SSSR count). The van der Waals surface area contributed by atoms with Crippen LogP contribution in [0.3, 0.4) is 0 Å². The van der Waals surface area contributed by atoms with Gasteiger partial charge in [0.15, 0.2) is 0 Å². The molecule has 0 aromatic heterocycles. The summed E-state index contributed by atoms with van der Waals surface area (Å²) in [7, 11) is 0. The molecule has 2 aromatic rings. The van der Waals surface area contributed by atoms with Crippen LogP contribution in [0.4, 0.5) is 43.4 Å². The maximum atomic E-state index is 13.4. The van der Waals surface area contributed by atoms with Crippen LogP contribution in [0.25, 0.3) is 0 Å². The molecule has 2 aliphatic rings. The lowest BCUT2D eigenvalue weighted by Crippen LogP contribution is -2.58. The third kappa shape index (κ3) is 7.67. The molecule has 41 heavy (non-hydrogen) atoms. The van der Waals surface area contributed by atoms with E-state index in [2.05, 4.69) is 15.1 Å². The second-order valence-corrected chi connectivity index (χ2v) is 10.4. The smallest absolute Gasteiger partial charge is 0.382 e. The molecule has 224 valence electrons. The normalized spacial score (nSPS) is 18.8. The van der Waals surface area contributed by atoms with Crippen molar-refractivity contribution in [1.82, 2.24) is 9.80 Å². The van der Waals surface area contributed by atoms with Crippen molar-refractivity contribution in [2.45, 2.75) is 50.7 Å². The van der Waals surface area contributed by atoms with Gasteiger partial charge in [-0.15, -0.1) is 0 Å². The number of anilines is 2. The minimum absolute atomic E-state index is 0.0194. The molecule has 14 heteroatoms. The van der Waals surface area contributed by atoms with E-state index < -0.39 is 34.1 Å². The maximum absolute atomic E-state index is 13.4. The number of hydrogen-bond donors (Lipinski definition) is 1. The number of likely N-dealkylation sites (tertiary alicyclic amines) is 1. The molecule has 2 heterocycles. The predicted octanol–water partition coefficient (Wildman–Crippen LogP) is 5.64. The predicted molar refractivity (Wildman–Crippen MR) is 141 cm³/mol. The van der Waals surface area contributed by atoms with E-state index in [4.69, 9.17) is 0 Å². The van der Waals surface area contributed by atoms with Crippen LogP contribution in [0.5, 0.6) is 0 Å². The number of carbonyl (C=O) groups excluding carboxylic acids is 1. The van der Waals surface area contributed by atoms with Crippen LogP contribution in [-0.2, 0) is 17.1 Å². The van der Waals surface area contributed by atoms with Crippen molar-refractivity contribution < 1.29 is 36.1 Å². The number of alkyl halides is 6. The Kier molecular flexibility index (Phi) is 9.12. The molecular formula is C27H31F6N5O3. The Morgan fingerprint density at radius 2 is 1.51 bits per heavy atom. The highest BCUT2D eigenvalue weighted by atomic mass is 19.4. The number of nitro groups is 1. The van der Waals surface area contributed by atoms with Gasteiger partial charge in [0, 0.05) is 69.2 Å². The lowest BCUT2D eigenvalue weighted by Gasteiger charge is -2.46. The molecule has 2 saturated heterocycles. The van der Waals surface area contributed by atoms with Gasteiger partial charge in [0.1, 0.15) is 11.3 Å². The van der Waals surface area contributed by atoms with Crippen molar-refractivity contribution in [3.63, 3.8) is 0 Å². The first-order chi connectivity index (χ1) is 19.2. The van der Waals surface area contributed by atoms with E-state index in [-0.39, 0.29) is 23.7 Å². The number of benzene rings is 2. The highest BCUT2D eigenvalue weighted by molar-refractivity contribution is 5.76. The standard InChI is InChI=1S/C27H31F6N5O3/c1-18(39)16-25(37-14-12-35(13-15-37)22-5-2-19(3-6-22)26(28,29)30)36-10-8-20(9-11-36)34-21-4-7-24(38(40)41)23(17-21)27(31,32)33/h2-7,17,20,25,34H,8-16H2,1H3. The number of hydrogen-bond acceptors (Lipinski definition) is 7. The number of piperidine rings is 1. The number of carbonyl (C=O) groups is 1. The second-order valence-electron chi connectivity index (χ2n) is 10.4. The summed E-state index contributed by atoms with van der Waals surface area (Å²) in [6.45, 7) is 5.09. The van der Waals surface area contributed by atoms with Gasteiger partial charge in [-0.2, -0.15) is 26.3 Å². The van der Waals surface area contributed by atoms with Crippen molar-refractivity contribution in [3.8, 4) is 0 Å². The van der Waals surface area contributed by atoms with E-state index in [0.717, 1.165) is 24.3 Å². The van der Waals surface area contributed by atoms with Gasteiger partial charge in [-0.25, -0.2) is 0 Å². The third-order valence-electron chi connectivity index (χ3n) is 7.59. The molecule has 2 aromatic carbocycles. The highest BCUT2D eigenvalue weighted by Crippen LogP contribution is 2.38. The average Bonchev–Trinajstić information content (AvgIpc) is 2.91. The summed E-state index contributed by atoms with van der Waals surface area (Å²) < 4.78 is 78.7. The maximum Gasteiger partial charge on any atom is 0.423 e. The molecule has 0 radical (unpaired) electrons. The van der Waals surface area contributed by atoms with Crippen molar-refractivity contribution >= 4 is 22.8 Å². The Morgan fingerprint density at radius 3 is 2.02 bits per heavy atom. The summed E-state index contributed by atoms with van der Waals surface area (Å²) >= 11 is 0. The van der Waals surface area contributed by atoms with E-state index in [0.29, 0.717) is 64.2 Å². The lowest BCUT2D eigenvalue weighted by atomic mass is 10.0. The number of Topliss-reactive ketones (excluding diaryl/α,β-unsaturated/α-hetero) is 1. The molecule has 1 atom stereocenters. The van der Waals surface area contributed by atoms with E-state index in [9.17, 15) is 41.3 Å². The number of nitrogens with zero attached hydrogens (tertiary/aromatic N) is 4. The van der Waals surface area contributed by atoms with E-state index in [1.807, 2.05) is 4.90 Å². The first-order valence-corrected chi connectivity index (χ1v) is 13.2. The van der Waals surface area contributed by atoms with Gasteiger partial charge in [-0.1, -0.05) is 0 Å². The Balaban J connectivity index is 1.35. The number of nitrogens with one attached hydrogen (secondary N) is 1. The first kappa shape index (κ1) is 30.6. The molecule has 0 amide bonds. The summed E-state index contributed by atoms with van der Waals surface area (Å²) in [4.78, 5) is 28.5. The third-order valence-corrected chi connectivity index (χ3v) is 7.59. The summed E-state index contributed by atoms with van der Waals surface area (Å²) in [5.74, 6) is 0.0194. The van der Waals surface area contributed by atoms with Crippen molar-refractivity contribution in [3.05, 3.63) is 63.7 Å². The van der Waals surface area contributed by atoms with Crippen molar-refractivity contribution in [2.24, 2.45) is 0 Å². The molecule has 0 bridgehead atoms. The van der Waals surface area contributed by atoms with Crippen LogP contribution < -0.4 is 10.2 Å². The number of halogens is 6.